The summed E-state index contributed by atoms with van der Waals surface area (Å²) in [6.07, 6.45) is 0.580. The summed E-state index contributed by atoms with van der Waals surface area (Å²) in [5.74, 6) is -0.329. The van der Waals surface area contributed by atoms with Crippen LogP contribution in [0.1, 0.15) is 16.7 Å². The Bertz CT molecular complexity index is 410. The van der Waals surface area contributed by atoms with Crippen molar-refractivity contribution in [2.75, 3.05) is 6.61 Å². The van der Waals surface area contributed by atoms with E-state index in [1.807, 2.05) is 19.9 Å². The second kappa shape index (κ2) is 3.57. The molecule has 0 amide bonds. The normalized spacial score (nSPS) is 19.2. The van der Waals surface area contributed by atoms with Gasteiger partial charge in [-0.1, -0.05) is 6.07 Å². The molecule has 0 saturated heterocycles. The van der Waals surface area contributed by atoms with Gasteiger partial charge in [0, 0.05) is 0 Å². The molecule has 1 aliphatic rings. The van der Waals surface area contributed by atoms with Gasteiger partial charge in [0.2, 0.25) is 0 Å². The molecule has 1 aromatic rings. The number of ether oxygens (including phenoxy) is 1. The molecule has 0 bridgehead atoms. The molecule has 2 rings (SSSR count). The highest BCUT2D eigenvalue weighted by Gasteiger charge is 2.26. The minimum Gasteiger partial charge on any atom is -0.492 e. The van der Waals surface area contributed by atoms with Gasteiger partial charge in [0.25, 0.3) is 0 Å². The molecular weight excluding hydrogens is 192 g/mol. The lowest BCUT2D eigenvalue weighted by Crippen LogP contribution is -2.28. The molecule has 0 aromatic heterocycles. The topological polar surface area (TPSA) is 46.5 Å². The highest BCUT2D eigenvalue weighted by molar-refractivity contribution is 5.71. The van der Waals surface area contributed by atoms with Gasteiger partial charge >= 0.3 is 5.97 Å². The lowest BCUT2D eigenvalue weighted by Gasteiger charge is -2.24. The third-order valence-corrected chi connectivity index (χ3v) is 2.82. The van der Waals surface area contributed by atoms with Crippen molar-refractivity contribution in [1.82, 2.24) is 0 Å². The van der Waals surface area contributed by atoms with Crippen molar-refractivity contribution in [3.8, 4) is 5.75 Å². The van der Waals surface area contributed by atoms with Gasteiger partial charge in [-0.2, -0.15) is 0 Å². The maximum absolute atomic E-state index is 10.9. The van der Waals surface area contributed by atoms with E-state index >= 15 is 0 Å². The first kappa shape index (κ1) is 10.0. The molecule has 1 atom stereocenters. The van der Waals surface area contributed by atoms with Crippen LogP contribution in [-0.2, 0) is 11.2 Å². The molecule has 15 heavy (non-hydrogen) atoms. The molecule has 1 heterocycles. The highest BCUT2D eigenvalue weighted by atomic mass is 16.5. The SMILES string of the molecule is Cc1cc(C)c2c(c1)OC[C@H](C(=O)O)C2. The first-order chi connectivity index (χ1) is 7.08. The molecule has 3 heteroatoms. The number of hydrogen-bond acceptors (Lipinski definition) is 2. The van der Waals surface area contributed by atoms with Crippen LogP contribution >= 0.6 is 0 Å². The maximum Gasteiger partial charge on any atom is 0.310 e. The van der Waals surface area contributed by atoms with Crippen LogP contribution in [0.4, 0.5) is 0 Å². The van der Waals surface area contributed by atoms with Crippen molar-refractivity contribution in [3.63, 3.8) is 0 Å². The van der Waals surface area contributed by atoms with Crippen LogP contribution in [0.15, 0.2) is 12.1 Å². The number of carboxylic acid groups (broad SMARTS) is 1. The minimum atomic E-state index is -0.777. The van der Waals surface area contributed by atoms with Gasteiger partial charge in [0.15, 0.2) is 0 Å². The number of benzene rings is 1. The zero-order chi connectivity index (χ0) is 11.0. The van der Waals surface area contributed by atoms with Crippen molar-refractivity contribution in [2.45, 2.75) is 20.3 Å². The molecule has 3 nitrogen and oxygen atoms in total. The fourth-order valence-electron chi connectivity index (χ4n) is 2.00. The summed E-state index contributed by atoms with van der Waals surface area (Å²) in [4.78, 5) is 10.9. The number of hydrogen-bond donors (Lipinski definition) is 1. The van der Waals surface area contributed by atoms with Crippen LogP contribution in [0.2, 0.25) is 0 Å². The lowest BCUT2D eigenvalue weighted by atomic mass is 9.92. The predicted molar refractivity (Wildman–Crippen MR) is 56.2 cm³/mol. The first-order valence-electron chi connectivity index (χ1n) is 5.03. The zero-order valence-electron chi connectivity index (χ0n) is 8.91. The molecule has 1 aromatic carbocycles. The first-order valence-corrected chi connectivity index (χ1v) is 5.03. The van der Waals surface area contributed by atoms with Crippen LogP contribution in [0.25, 0.3) is 0 Å². The van der Waals surface area contributed by atoms with E-state index in [0.29, 0.717) is 6.42 Å². The second-order valence-electron chi connectivity index (χ2n) is 4.11. The van der Waals surface area contributed by atoms with Crippen LogP contribution < -0.4 is 4.74 Å². The van der Waals surface area contributed by atoms with Crippen LogP contribution in [0.3, 0.4) is 0 Å². The Kier molecular flexibility index (Phi) is 2.39. The van der Waals surface area contributed by atoms with Gasteiger partial charge in [-0.3, -0.25) is 4.79 Å². The predicted octanol–water partition coefficient (Wildman–Crippen LogP) is 1.94. The standard InChI is InChI=1S/C12H14O3/c1-7-3-8(2)10-5-9(12(13)14)6-15-11(10)4-7/h3-4,9H,5-6H2,1-2H3,(H,13,14)/t9-/m1/s1. The van der Waals surface area contributed by atoms with E-state index in [2.05, 4.69) is 6.07 Å². The number of rotatable bonds is 1. The van der Waals surface area contributed by atoms with Gasteiger partial charge in [-0.25, -0.2) is 0 Å². The number of aryl methyl sites for hydroxylation is 2. The molecule has 0 fully saturated rings. The van der Waals surface area contributed by atoms with Crippen LogP contribution in [0, 0.1) is 19.8 Å². The monoisotopic (exact) mass is 206 g/mol. The van der Waals surface area contributed by atoms with Crippen LogP contribution in [0.5, 0.6) is 5.75 Å². The lowest BCUT2D eigenvalue weighted by molar-refractivity contribution is -0.143. The molecule has 0 spiro atoms. The summed E-state index contributed by atoms with van der Waals surface area (Å²) in [5, 5.41) is 8.93. The summed E-state index contributed by atoms with van der Waals surface area (Å²) in [6.45, 7) is 4.30. The zero-order valence-corrected chi connectivity index (χ0v) is 8.91. The molecule has 80 valence electrons. The van der Waals surface area contributed by atoms with Gasteiger partial charge in [0.1, 0.15) is 12.4 Å². The third-order valence-electron chi connectivity index (χ3n) is 2.82. The Balaban J connectivity index is 2.37. The van der Waals surface area contributed by atoms with Crippen molar-refractivity contribution < 1.29 is 14.6 Å². The van der Waals surface area contributed by atoms with Crippen molar-refractivity contribution >= 4 is 5.97 Å². The van der Waals surface area contributed by atoms with E-state index in [0.717, 1.165) is 22.4 Å². The van der Waals surface area contributed by atoms with E-state index in [-0.39, 0.29) is 6.61 Å². The molecule has 1 aliphatic heterocycles. The molecule has 1 N–H and O–H groups in total. The highest BCUT2D eigenvalue weighted by Crippen LogP contribution is 2.31. The molecule has 0 unspecified atom stereocenters. The fourth-order valence-corrected chi connectivity index (χ4v) is 2.00. The molecule has 0 radical (unpaired) electrons. The third kappa shape index (κ3) is 1.82. The summed E-state index contributed by atoms with van der Waals surface area (Å²) in [5.41, 5.74) is 3.32. The fraction of sp³-hybridized carbons (Fsp3) is 0.417. The average molecular weight is 206 g/mol. The summed E-state index contributed by atoms with van der Waals surface area (Å²) >= 11 is 0. The number of aliphatic carboxylic acids is 1. The quantitative estimate of drug-likeness (QED) is 0.763. The number of carbonyl (C=O) groups is 1. The van der Waals surface area contributed by atoms with E-state index < -0.39 is 11.9 Å². The van der Waals surface area contributed by atoms with Gasteiger partial charge < -0.3 is 9.84 Å². The minimum absolute atomic E-state index is 0.283. The van der Waals surface area contributed by atoms with E-state index in [4.69, 9.17) is 9.84 Å². The van der Waals surface area contributed by atoms with Crippen molar-refractivity contribution in [1.29, 1.82) is 0 Å². The molecule has 0 aliphatic carbocycles. The Hall–Kier alpha value is -1.51. The van der Waals surface area contributed by atoms with Crippen molar-refractivity contribution in [2.24, 2.45) is 5.92 Å². The Morgan fingerprint density at radius 1 is 1.47 bits per heavy atom. The maximum atomic E-state index is 10.9. The molecular formula is C12H14O3. The second-order valence-corrected chi connectivity index (χ2v) is 4.11. The number of fused-ring (bicyclic) bond motifs is 1. The van der Waals surface area contributed by atoms with Gasteiger partial charge in [-0.15, -0.1) is 0 Å². The molecule has 0 saturated carbocycles. The Morgan fingerprint density at radius 3 is 2.87 bits per heavy atom. The average Bonchev–Trinajstić information content (AvgIpc) is 2.16. The van der Waals surface area contributed by atoms with E-state index in [1.54, 1.807) is 0 Å². The summed E-state index contributed by atoms with van der Waals surface area (Å²) in [6, 6.07) is 4.03. The van der Waals surface area contributed by atoms with E-state index in [9.17, 15) is 4.79 Å². The summed E-state index contributed by atoms with van der Waals surface area (Å²) < 4.78 is 5.48. The smallest absolute Gasteiger partial charge is 0.310 e. The summed E-state index contributed by atoms with van der Waals surface area (Å²) in [7, 11) is 0. The van der Waals surface area contributed by atoms with Crippen LogP contribution in [-0.4, -0.2) is 17.7 Å². The van der Waals surface area contributed by atoms with Gasteiger partial charge in [0.05, 0.1) is 5.92 Å². The van der Waals surface area contributed by atoms with E-state index in [1.165, 1.54) is 0 Å². The number of carboxylic acids is 1. The Morgan fingerprint density at radius 2 is 2.20 bits per heavy atom. The largest absolute Gasteiger partial charge is 0.492 e. The van der Waals surface area contributed by atoms with Crippen molar-refractivity contribution in [3.05, 3.63) is 28.8 Å². The Labute approximate surface area is 88.7 Å². The van der Waals surface area contributed by atoms with Gasteiger partial charge in [-0.05, 0) is 43.0 Å².